The van der Waals surface area contributed by atoms with Crippen molar-refractivity contribution in [3.63, 3.8) is 0 Å². The molecule has 45 heteroatoms. The molecule has 0 aromatic heterocycles. The van der Waals surface area contributed by atoms with Gasteiger partial charge in [0, 0.05) is 132 Å². The van der Waals surface area contributed by atoms with Gasteiger partial charge in [0.25, 0.3) is 0 Å². The maximum atomic E-state index is 13.0. The van der Waals surface area contributed by atoms with E-state index in [1.807, 2.05) is 21.1 Å². The number of hydrogen-bond donors (Lipinski definition) is 5. The topological polar surface area (TPSA) is 446 Å². The molecule has 5 saturated heterocycles. The molecular weight excluding hydrogens is 1920 g/mol. The molecular formula is C89H131N13O22S10. The Hall–Kier alpha value is -5.00. The third-order valence-corrected chi connectivity index (χ3v) is 47.6. The first-order valence-corrected chi connectivity index (χ1v) is 62.0. The molecule has 5 N–H and O–H groups in total. The molecule has 5 aromatic carbocycles. The van der Waals surface area contributed by atoms with Gasteiger partial charge in [0.15, 0.2) is 0 Å². The van der Waals surface area contributed by atoms with Crippen LogP contribution in [0.15, 0.2) is 140 Å². The molecule has 15 aliphatic rings. The van der Waals surface area contributed by atoms with Gasteiger partial charge in [-0.25, -0.2) is 108 Å². The second kappa shape index (κ2) is 40.1. The lowest BCUT2D eigenvalue weighted by atomic mass is 9.78. The van der Waals surface area contributed by atoms with E-state index in [1.54, 1.807) is 60.7 Å². The van der Waals surface area contributed by atoms with Gasteiger partial charge in [0.1, 0.15) is 0 Å². The number of nitrogens with zero attached hydrogens (tertiary/aromatic N) is 8. The molecule has 5 saturated carbocycles. The predicted molar refractivity (Wildman–Crippen MR) is 504 cm³/mol. The average molecular weight is 2060 g/mol. The summed E-state index contributed by atoms with van der Waals surface area (Å²) in [6.07, 6.45) is 28.5. The number of likely N-dealkylation sites (N-methyl/N-ethyl adjacent to an activating group) is 3. The number of morpholine rings is 2. The van der Waals surface area contributed by atoms with Gasteiger partial charge in [-0.3, -0.25) is 0 Å². The van der Waals surface area contributed by atoms with Crippen LogP contribution in [0.1, 0.15) is 195 Å². The van der Waals surface area contributed by atoms with Crippen LogP contribution >= 0.6 is 0 Å². The van der Waals surface area contributed by atoms with Crippen LogP contribution in [-0.4, -0.2) is 300 Å². The standard InChI is InChI=1S/C19H29N3O4S2.C18H27N3O4S2.C18H26N2O5S2.C17H25N3O4S2.C17H24N2O5S2/c1-21-10-12-22(13-11-21)28(25,26)17-7-6-16-15-19(8-4-2-3-5-9-19)20-27(23,24)18(16)14-17;1-20-9-11-21(12-10-20)27(24,25)16-6-5-15-14-18(7-3-2-4-8-18)19-26(22,23)17(15)13-16;21-26(22)17-13-16(27(23,24)20-9-11-25-12-10-20)6-5-15(17)14-18(19-26)7-3-1-2-4-8-18;1-19-8-10-20(11-9-19)26(23,24)15-5-4-14-13-17(6-2-3-7-17)18-25(21,22)16(14)12-15;20-25(21)16-12-15(26(22,23)19-8-10-24-11-9-19)5-4-14(16)13-17(18-25)6-2-1-3-7-17/h6-7,14,20H,2-5,8-13,15H2,1H3;5-6,13,19H,2-4,7-12,14H2,1H3;5-6,13,19H,1-4,7-12,14H2;4-5,12,18H,2-3,6-11,13H2,1H3;4-5,12,18H,1-3,6-11,13H2. The van der Waals surface area contributed by atoms with Crippen molar-refractivity contribution in [3.05, 3.63) is 119 Å². The lowest BCUT2D eigenvalue weighted by Crippen LogP contribution is -2.54. The number of benzene rings is 5. The molecule has 10 fully saturated rings. The van der Waals surface area contributed by atoms with E-state index in [2.05, 4.69) is 38.3 Å². The summed E-state index contributed by atoms with van der Waals surface area (Å²) in [5, 5.41) is 0. The van der Waals surface area contributed by atoms with Crippen molar-refractivity contribution in [3.8, 4) is 0 Å². The van der Waals surface area contributed by atoms with Crippen molar-refractivity contribution >= 4 is 100 Å². The summed E-state index contributed by atoms with van der Waals surface area (Å²) < 4.78 is 290. The van der Waals surface area contributed by atoms with Crippen molar-refractivity contribution in [2.24, 2.45) is 0 Å². The van der Waals surface area contributed by atoms with Gasteiger partial charge in [-0.2, -0.15) is 21.5 Å². The van der Waals surface area contributed by atoms with E-state index >= 15 is 0 Å². The monoisotopic (exact) mass is 2050 g/mol. The molecule has 0 unspecified atom stereocenters. The smallest absolute Gasteiger partial charge is 0.243 e. The number of sulfonamides is 10. The SMILES string of the molecule is CN1CCN(S(=O)(=O)c2ccc3c(c2)S(=O)(=O)NC2(CCCC2)C3)CC1.CN1CCN(S(=O)(=O)c2ccc3c(c2)S(=O)(=O)NC2(CCCCC2)C3)CC1.CN1CCN(S(=O)(=O)c2ccc3c(c2)S(=O)(=O)NC2(CCCCCC2)C3)CC1.O=S1(=O)NC2(CCCCC2)Cc2ccc(S(=O)(=O)N3CCOCC3)cc21.O=S1(=O)NC2(CCCCCC2)Cc2ccc(S(=O)(=O)N3CCOCC3)cc21. The van der Waals surface area contributed by atoms with Crippen molar-refractivity contribution in [2.45, 2.75) is 276 Å². The van der Waals surface area contributed by atoms with Crippen LogP contribution < -0.4 is 23.6 Å². The van der Waals surface area contributed by atoms with Crippen LogP contribution in [0.3, 0.4) is 0 Å². The molecule has 20 rings (SSSR count). The molecule has 5 aromatic rings. The quantitative estimate of drug-likeness (QED) is 0.101. The van der Waals surface area contributed by atoms with Gasteiger partial charge in [-0.15, -0.1) is 0 Å². The summed E-state index contributed by atoms with van der Waals surface area (Å²) in [5.74, 6) is 0. The minimum Gasteiger partial charge on any atom is -0.379 e. The number of rotatable bonds is 10. The summed E-state index contributed by atoms with van der Waals surface area (Å²) in [6.45, 7) is 9.12. The van der Waals surface area contributed by atoms with Crippen LogP contribution in [-0.2, 0) is 142 Å². The predicted octanol–water partition coefficient (Wildman–Crippen LogP) is 6.36. The van der Waals surface area contributed by atoms with E-state index in [4.69, 9.17) is 9.47 Å². The van der Waals surface area contributed by atoms with Crippen molar-refractivity contribution in [1.82, 2.24) is 59.8 Å². The first-order valence-electron chi connectivity index (χ1n) is 47.4. The summed E-state index contributed by atoms with van der Waals surface area (Å²) in [7, 11) is -31.2. The number of ether oxygens (including phenoxy) is 2. The molecule has 0 radical (unpaired) electrons. The largest absolute Gasteiger partial charge is 0.379 e. The third-order valence-electron chi connectivity index (χ3n) is 29.9. The lowest BCUT2D eigenvalue weighted by Gasteiger charge is -2.41. The van der Waals surface area contributed by atoms with Gasteiger partial charge in [-0.05, 0) is 206 Å². The van der Waals surface area contributed by atoms with E-state index in [1.165, 1.54) is 51.9 Å². The Labute approximate surface area is 794 Å². The van der Waals surface area contributed by atoms with Gasteiger partial charge in [0.05, 0.1) is 75.4 Å². The summed E-state index contributed by atoms with van der Waals surface area (Å²) in [6, 6.07) is 23.0. The first kappa shape index (κ1) is 102. The third kappa shape index (κ3) is 22.1. The van der Waals surface area contributed by atoms with E-state index in [0.717, 1.165) is 189 Å². The fourth-order valence-electron chi connectivity index (χ4n) is 22.3. The molecule has 0 atom stereocenters. The molecule has 744 valence electrons. The maximum Gasteiger partial charge on any atom is 0.243 e. The molecule has 10 aliphatic heterocycles. The van der Waals surface area contributed by atoms with E-state index in [9.17, 15) is 84.2 Å². The van der Waals surface area contributed by atoms with Crippen LogP contribution in [0.5, 0.6) is 0 Å². The van der Waals surface area contributed by atoms with Crippen molar-refractivity contribution < 1.29 is 93.7 Å². The zero-order valence-electron chi connectivity index (χ0n) is 76.9. The van der Waals surface area contributed by atoms with E-state index in [-0.39, 0.29) is 80.7 Å². The Bertz CT molecular complexity index is 6390. The first-order chi connectivity index (χ1) is 63.3. The highest BCUT2D eigenvalue weighted by Gasteiger charge is 2.50. The van der Waals surface area contributed by atoms with Crippen LogP contribution in [0.4, 0.5) is 0 Å². The fraction of sp³-hybridized carbons (Fsp3) is 0.663. The van der Waals surface area contributed by atoms with Crippen LogP contribution in [0, 0.1) is 0 Å². The maximum absolute atomic E-state index is 13.0. The average Bonchev–Trinajstić information content (AvgIpc) is 1.02. The molecule has 0 amide bonds. The molecule has 10 heterocycles. The molecule has 35 nitrogen and oxygen atoms in total. The van der Waals surface area contributed by atoms with Gasteiger partial charge < -0.3 is 24.2 Å². The highest BCUT2D eigenvalue weighted by atomic mass is 32.2. The normalized spacial score (nSPS) is 25.8. The van der Waals surface area contributed by atoms with Crippen LogP contribution in [0.25, 0.3) is 0 Å². The highest BCUT2D eigenvalue weighted by Crippen LogP contribution is 2.46. The Morgan fingerprint density at radius 3 is 0.567 bits per heavy atom. The lowest BCUT2D eigenvalue weighted by molar-refractivity contribution is 0.0730. The van der Waals surface area contributed by atoms with Gasteiger partial charge in [-0.1, -0.05) is 133 Å². The molecule has 0 bridgehead atoms. The highest BCUT2D eigenvalue weighted by molar-refractivity contribution is 7.92. The summed E-state index contributed by atoms with van der Waals surface area (Å²) in [4.78, 5) is 7.06. The summed E-state index contributed by atoms with van der Waals surface area (Å²) in [5.41, 5.74) is 1.59. The number of fused-ring (bicyclic) bond motifs is 5. The van der Waals surface area contributed by atoms with E-state index < -0.39 is 122 Å². The fourth-order valence-corrected chi connectivity index (χ4v) is 38.5. The Balaban J connectivity index is 0.000000122. The minimum atomic E-state index is -3.74. The zero-order valence-corrected chi connectivity index (χ0v) is 85.0. The second-order valence-electron chi connectivity index (χ2n) is 39.5. The Morgan fingerprint density at radius 2 is 0.388 bits per heavy atom. The Kier molecular flexibility index (Phi) is 30.5. The van der Waals surface area contributed by atoms with E-state index in [0.29, 0.717) is 143 Å². The number of nitrogens with one attached hydrogen (secondary N) is 5. The van der Waals surface area contributed by atoms with Gasteiger partial charge >= 0.3 is 0 Å². The van der Waals surface area contributed by atoms with Crippen molar-refractivity contribution in [2.75, 3.05) is 152 Å². The molecule has 5 spiro atoms. The Morgan fingerprint density at radius 1 is 0.231 bits per heavy atom. The van der Waals surface area contributed by atoms with Gasteiger partial charge in [0.2, 0.25) is 100 Å². The van der Waals surface area contributed by atoms with Crippen LogP contribution in [0.2, 0.25) is 0 Å². The zero-order chi connectivity index (χ0) is 95.4. The number of piperazine rings is 3. The van der Waals surface area contributed by atoms with Crippen molar-refractivity contribution in [1.29, 1.82) is 0 Å². The minimum absolute atomic E-state index is 0.0307. The molecule has 134 heavy (non-hydrogen) atoms. The molecule has 5 aliphatic carbocycles. The number of hydrogen-bond acceptors (Lipinski definition) is 25. The summed E-state index contributed by atoms with van der Waals surface area (Å²) >= 11 is 0. The second-order valence-corrected chi connectivity index (χ2v) is 57.4.